The van der Waals surface area contributed by atoms with Crippen LogP contribution in [-0.2, 0) is 11.2 Å². The number of nitrogen functional groups attached to an aromatic ring is 1. The second kappa shape index (κ2) is 8.28. The van der Waals surface area contributed by atoms with E-state index in [0.29, 0.717) is 18.4 Å². The fourth-order valence-corrected chi connectivity index (χ4v) is 2.98. The fourth-order valence-electron chi connectivity index (χ4n) is 2.98. The van der Waals surface area contributed by atoms with E-state index in [9.17, 15) is 4.79 Å². The molecule has 4 heteroatoms. The molecule has 1 aromatic rings. The van der Waals surface area contributed by atoms with Crippen molar-refractivity contribution in [3.8, 4) is 0 Å². The van der Waals surface area contributed by atoms with Crippen LogP contribution in [0.5, 0.6) is 0 Å². The molecule has 2 N–H and O–H groups in total. The Morgan fingerprint density at radius 2 is 1.81 bits per heavy atom. The average molecular weight is 311 g/mol. The number of carbonyl (C=O) groups excluding carboxylic acids is 1. The van der Waals surface area contributed by atoms with Crippen LogP contribution in [0.3, 0.4) is 0 Å². The Morgan fingerprint density at radius 3 is 2.33 bits per heavy atom. The molecule has 0 aliphatic heterocycles. The lowest BCUT2D eigenvalue weighted by Gasteiger charge is -2.30. The number of halogens is 1. The molecule has 0 bridgehead atoms. The lowest BCUT2D eigenvalue weighted by Crippen LogP contribution is -2.42. The highest BCUT2D eigenvalue weighted by Gasteiger charge is 2.26. The molecule has 1 saturated carbocycles. The Balaban J connectivity index is 0.00000220. The van der Waals surface area contributed by atoms with Crippen LogP contribution in [0.2, 0.25) is 0 Å². The molecule has 1 aliphatic rings. The van der Waals surface area contributed by atoms with Gasteiger partial charge in [0, 0.05) is 18.3 Å². The van der Waals surface area contributed by atoms with Gasteiger partial charge >= 0.3 is 0 Å². The molecule has 0 unspecified atom stereocenters. The monoisotopic (exact) mass is 310 g/mol. The number of anilines is 1. The highest BCUT2D eigenvalue weighted by Crippen LogP contribution is 2.25. The van der Waals surface area contributed by atoms with Crippen molar-refractivity contribution in [2.24, 2.45) is 5.92 Å². The predicted molar refractivity (Wildman–Crippen MR) is 90.6 cm³/mol. The Kier molecular flexibility index (Phi) is 7.03. The largest absolute Gasteiger partial charge is 0.399 e. The van der Waals surface area contributed by atoms with Gasteiger partial charge in [-0.05, 0) is 36.5 Å². The number of hydrogen-bond donors (Lipinski definition) is 1. The van der Waals surface area contributed by atoms with Crippen LogP contribution in [-0.4, -0.2) is 23.4 Å². The minimum atomic E-state index is 0. The smallest absolute Gasteiger partial charge is 0.227 e. The van der Waals surface area contributed by atoms with Crippen molar-refractivity contribution in [2.75, 3.05) is 12.3 Å². The zero-order chi connectivity index (χ0) is 14.5. The summed E-state index contributed by atoms with van der Waals surface area (Å²) in [5.74, 6) is 0.779. The van der Waals surface area contributed by atoms with Gasteiger partial charge in [0.15, 0.2) is 0 Å². The highest BCUT2D eigenvalue weighted by atomic mass is 35.5. The van der Waals surface area contributed by atoms with Crippen molar-refractivity contribution in [1.82, 2.24) is 4.90 Å². The minimum absolute atomic E-state index is 0. The fraction of sp³-hybridized carbons (Fsp3) is 0.588. The van der Waals surface area contributed by atoms with Crippen molar-refractivity contribution < 1.29 is 4.79 Å². The second-order valence-electron chi connectivity index (χ2n) is 6.30. The van der Waals surface area contributed by atoms with Gasteiger partial charge in [-0.25, -0.2) is 0 Å². The van der Waals surface area contributed by atoms with Gasteiger partial charge in [0.2, 0.25) is 5.91 Å². The number of carbonyl (C=O) groups is 1. The highest BCUT2D eigenvalue weighted by molar-refractivity contribution is 5.85. The number of benzene rings is 1. The first-order valence-corrected chi connectivity index (χ1v) is 7.70. The third-order valence-corrected chi connectivity index (χ3v) is 3.98. The summed E-state index contributed by atoms with van der Waals surface area (Å²) in [5.41, 5.74) is 7.49. The van der Waals surface area contributed by atoms with Gasteiger partial charge in [0.1, 0.15) is 0 Å². The summed E-state index contributed by atoms with van der Waals surface area (Å²) in [4.78, 5) is 14.7. The zero-order valence-electron chi connectivity index (χ0n) is 13.0. The Bertz CT molecular complexity index is 439. The van der Waals surface area contributed by atoms with E-state index in [1.54, 1.807) is 0 Å². The normalized spacial score (nSPS) is 15.0. The predicted octanol–water partition coefficient (Wildman–Crippen LogP) is 3.66. The number of nitrogens with zero attached hydrogens (tertiary/aromatic N) is 1. The molecule has 0 saturated heterocycles. The lowest BCUT2D eigenvalue weighted by atomic mass is 10.1. The van der Waals surface area contributed by atoms with Crippen LogP contribution in [0.1, 0.15) is 45.1 Å². The molecule has 3 nitrogen and oxygen atoms in total. The van der Waals surface area contributed by atoms with E-state index in [2.05, 4.69) is 18.7 Å². The van der Waals surface area contributed by atoms with Crippen molar-refractivity contribution in [2.45, 2.75) is 52.0 Å². The molecule has 0 spiro atoms. The first kappa shape index (κ1) is 17.8. The van der Waals surface area contributed by atoms with Gasteiger partial charge < -0.3 is 10.6 Å². The van der Waals surface area contributed by atoms with Crippen LogP contribution < -0.4 is 5.73 Å². The molecule has 118 valence electrons. The molecule has 1 amide bonds. The Labute approximate surface area is 134 Å². The molecule has 0 radical (unpaired) electrons. The van der Waals surface area contributed by atoms with Crippen molar-refractivity contribution in [3.05, 3.63) is 29.8 Å². The molecule has 0 atom stereocenters. The summed E-state index contributed by atoms with van der Waals surface area (Å²) in [5, 5.41) is 0. The quantitative estimate of drug-likeness (QED) is 0.844. The van der Waals surface area contributed by atoms with Crippen molar-refractivity contribution >= 4 is 24.0 Å². The molecule has 0 aromatic heterocycles. The Morgan fingerprint density at radius 1 is 1.24 bits per heavy atom. The van der Waals surface area contributed by atoms with Crippen molar-refractivity contribution in [3.63, 3.8) is 0 Å². The zero-order valence-corrected chi connectivity index (χ0v) is 13.9. The summed E-state index contributed by atoms with van der Waals surface area (Å²) in [6.45, 7) is 5.23. The summed E-state index contributed by atoms with van der Waals surface area (Å²) in [6, 6.07) is 8.10. The molecular weight excluding hydrogens is 284 g/mol. The van der Waals surface area contributed by atoms with E-state index in [0.717, 1.165) is 17.8 Å². The van der Waals surface area contributed by atoms with Gasteiger partial charge in [-0.3, -0.25) is 4.79 Å². The molecule has 1 fully saturated rings. The maximum absolute atomic E-state index is 12.6. The molecule has 2 rings (SSSR count). The third kappa shape index (κ3) is 5.24. The number of amides is 1. The topological polar surface area (TPSA) is 46.3 Å². The summed E-state index contributed by atoms with van der Waals surface area (Å²) in [6.07, 6.45) is 5.34. The van der Waals surface area contributed by atoms with Gasteiger partial charge in [-0.2, -0.15) is 0 Å². The van der Waals surface area contributed by atoms with Gasteiger partial charge in [-0.1, -0.05) is 38.8 Å². The Hall–Kier alpha value is -1.22. The minimum Gasteiger partial charge on any atom is -0.399 e. The molecule has 21 heavy (non-hydrogen) atoms. The first-order chi connectivity index (χ1) is 9.56. The molecule has 1 aliphatic carbocycles. The van der Waals surface area contributed by atoms with E-state index < -0.39 is 0 Å². The van der Waals surface area contributed by atoms with Gasteiger partial charge in [0.05, 0.1) is 6.42 Å². The van der Waals surface area contributed by atoms with E-state index in [-0.39, 0.29) is 18.3 Å². The van der Waals surface area contributed by atoms with Gasteiger partial charge in [-0.15, -0.1) is 12.4 Å². The van der Waals surface area contributed by atoms with Crippen LogP contribution in [0.25, 0.3) is 0 Å². The summed E-state index contributed by atoms with van der Waals surface area (Å²) < 4.78 is 0. The molecular formula is C17H27ClN2O. The van der Waals surface area contributed by atoms with E-state index in [4.69, 9.17) is 5.73 Å². The van der Waals surface area contributed by atoms with Crippen LogP contribution in [0.15, 0.2) is 24.3 Å². The first-order valence-electron chi connectivity index (χ1n) is 7.70. The van der Waals surface area contributed by atoms with E-state index >= 15 is 0 Å². The summed E-state index contributed by atoms with van der Waals surface area (Å²) in [7, 11) is 0. The maximum atomic E-state index is 12.6. The average Bonchev–Trinajstić information content (AvgIpc) is 2.92. The standard InChI is InChI=1S/C17H26N2O.ClH/c1-13(2)12-19(16-5-3-4-6-16)17(20)11-14-7-9-15(18)10-8-14;/h7-10,13,16H,3-6,11-12,18H2,1-2H3;1H. The lowest BCUT2D eigenvalue weighted by molar-refractivity contribution is -0.133. The van der Waals surface area contributed by atoms with Crippen molar-refractivity contribution in [1.29, 1.82) is 0 Å². The SMILES string of the molecule is CC(C)CN(C(=O)Cc1ccc(N)cc1)C1CCCC1.Cl. The number of rotatable bonds is 5. The van der Waals surface area contributed by atoms with Crippen LogP contribution in [0, 0.1) is 5.92 Å². The number of hydrogen-bond acceptors (Lipinski definition) is 2. The maximum Gasteiger partial charge on any atom is 0.227 e. The van der Waals surface area contributed by atoms with E-state index in [1.807, 2.05) is 24.3 Å². The van der Waals surface area contributed by atoms with Gasteiger partial charge in [0.25, 0.3) is 0 Å². The molecule has 0 heterocycles. The van der Waals surface area contributed by atoms with Crippen LogP contribution in [0.4, 0.5) is 5.69 Å². The second-order valence-corrected chi connectivity index (χ2v) is 6.30. The molecule has 1 aromatic carbocycles. The summed E-state index contributed by atoms with van der Waals surface area (Å²) >= 11 is 0. The third-order valence-electron chi connectivity index (χ3n) is 3.98. The van der Waals surface area contributed by atoms with Crippen LogP contribution >= 0.6 is 12.4 Å². The number of nitrogens with two attached hydrogens (primary N) is 1. The van der Waals surface area contributed by atoms with E-state index in [1.165, 1.54) is 25.7 Å².